The number of rotatable bonds is 2. The first-order valence-electron chi connectivity index (χ1n) is 3.23. The van der Waals surface area contributed by atoms with Crippen molar-refractivity contribution in [1.29, 1.82) is 0 Å². The minimum absolute atomic E-state index is 0.379. The number of benzene rings is 1. The van der Waals surface area contributed by atoms with Gasteiger partial charge in [-0.1, -0.05) is 11.6 Å². The van der Waals surface area contributed by atoms with Gasteiger partial charge in [0.2, 0.25) is 0 Å². The van der Waals surface area contributed by atoms with E-state index in [1.165, 1.54) is 6.07 Å². The van der Waals surface area contributed by atoms with Crippen LogP contribution < -0.4 is 0 Å². The summed E-state index contributed by atoms with van der Waals surface area (Å²) in [5, 5.41) is 0.388. The summed E-state index contributed by atoms with van der Waals surface area (Å²) in [5.41, 5.74) is 0.379. The summed E-state index contributed by atoms with van der Waals surface area (Å²) in [6.07, 6.45) is 2.20. The summed E-state index contributed by atoms with van der Waals surface area (Å²) in [6.45, 7) is 0. The van der Waals surface area contributed by atoms with Gasteiger partial charge >= 0.3 is 0 Å². The number of halogens is 1. The van der Waals surface area contributed by atoms with E-state index in [1.54, 1.807) is 18.4 Å². The maximum Gasteiger partial charge on any atom is 0.153 e. The van der Waals surface area contributed by atoms with Crippen LogP contribution in [0.25, 0.3) is 0 Å². The fourth-order valence-corrected chi connectivity index (χ4v) is 1.51. The van der Waals surface area contributed by atoms with Gasteiger partial charge in [-0.3, -0.25) is 4.79 Å². The van der Waals surface area contributed by atoms with E-state index in [2.05, 4.69) is 0 Å². The molecule has 0 bridgehead atoms. The average molecular weight is 203 g/mol. The summed E-state index contributed by atoms with van der Waals surface area (Å²) in [6, 6.07) is 4.75. The van der Waals surface area contributed by atoms with Gasteiger partial charge in [-0.15, -0.1) is 0 Å². The van der Waals surface area contributed by atoms with Crippen LogP contribution in [0.1, 0.15) is 10.4 Å². The fraction of sp³-hybridized carbons (Fsp3) is 0.125. The van der Waals surface area contributed by atoms with Gasteiger partial charge in [-0.05, 0) is 23.3 Å². The molecule has 1 rings (SSSR count). The largest absolute Gasteiger partial charge is 0.612 e. The van der Waals surface area contributed by atoms with Crippen molar-refractivity contribution in [1.82, 2.24) is 0 Å². The highest BCUT2D eigenvalue weighted by Crippen LogP contribution is 2.18. The van der Waals surface area contributed by atoms with Crippen LogP contribution in [0.15, 0.2) is 23.1 Å². The maximum atomic E-state index is 11.0. The molecule has 2 nitrogen and oxygen atoms in total. The van der Waals surface area contributed by atoms with Crippen molar-refractivity contribution in [3.05, 3.63) is 28.8 Å². The van der Waals surface area contributed by atoms with E-state index < -0.39 is 11.2 Å². The van der Waals surface area contributed by atoms with Crippen LogP contribution in [0.5, 0.6) is 0 Å². The number of hydrogen-bond donors (Lipinski definition) is 0. The Morgan fingerprint density at radius 2 is 2.25 bits per heavy atom. The van der Waals surface area contributed by atoms with Crippen LogP contribution in [0, 0.1) is 0 Å². The van der Waals surface area contributed by atoms with E-state index in [4.69, 9.17) is 11.6 Å². The van der Waals surface area contributed by atoms with Crippen LogP contribution in [-0.2, 0) is 11.2 Å². The van der Waals surface area contributed by atoms with E-state index >= 15 is 0 Å². The minimum atomic E-state index is -1.07. The van der Waals surface area contributed by atoms with Crippen molar-refractivity contribution in [3.8, 4) is 0 Å². The van der Waals surface area contributed by atoms with Crippen molar-refractivity contribution in [2.75, 3.05) is 6.26 Å². The lowest BCUT2D eigenvalue weighted by Crippen LogP contribution is -1.98. The molecule has 0 radical (unpaired) electrons. The summed E-state index contributed by atoms with van der Waals surface area (Å²) < 4.78 is 11.0. The summed E-state index contributed by atoms with van der Waals surface area (Å²) in [7, 11) is 0. The lowest BCUT2D eigenvalue weighted by molar-refractivity contribution is 0.112. The first-order valence-corrected chi connectivity index (χ1v) is 5.17. The van der Waals surface area contributed by atoms with Crippen LogP contribution in [-0.4, -0.2) is 17.1 Å². The first-order chi connectivity index (χ1) is 5.65. The van der Waals surface area contributed by atoms with Gasteiger partial charge in [0.1, 0.15) is 6.26 Å². The lowest BCUT2D eigenvalue weighted by Gasteiger charge is -2.04. The first kappa shape index (κ1) is 9.58. The molecule has 1 aromatic rings. The molecule has 0 amide bonds. The third-order valence-electron chi connectivity index (χ3n) is 1.43. The van der Waals surface area contributed by atoms with Gasteiger partial charge in [-0.2, -0.15) is 0 Å². The molecule has 1 aromatic carbocycles. The van der Waals surface area contributed by atoms with E-state index in [1.807, 2.05) is 0 Å². The Bertz CT molecular complexity index is 299. The van der Waals surface area contributed by atoms with Crippen LogP contribution in [0.4, 0.5) is 0 Å². The average Bonchev–Trinajstić information content (AvgIpc) is 2.05. The van der Waals surface area contributed by atoms with Crippen LogP contribution >= 0.6 is 11.6 Å². The predicted molar refractivity (Wildman–Crippen MR) is 49.2 cm³/mol. The Hall–Kier alpha value is -0.510. The monoisotopic (exact) mass is 202 g/mol. The third-order valence-corrected chi connectivity index (χ3v) is 2.69. The van der Waals surface area contributed by atoms with E-state index in [0.717, 1.165) is 0 Å². The molecule has 0 saturated carbocycles. The second-order valence-corrected chi connectivity index (χ2v) is 4.04. The molecular weight excluding hydrogens is 196 g/mol. The van der Waals surface area contributed by atoms with Gasteiger partial charge in [-0.25, -0.2) is 0 Å². The highest BCUT2D eigenvalue weighted by atomic mass is 35.5. The van der Waals surface area contributed by atoms with E-state index in [9.17, 15) is 9.35 Å². The molecule has 0 N–H and O–H groups in total. The highest BCUT2D eigenvalue weighted by Gasteiger charge is 2.07. The second kappa shape index (κ2) is 3.94. The molecule has 0 aliphatic carbocycles. The Labute approximate surface area is 78.7 Å². The Kier molecular flexibility index (Phi) is 3.14. The molecule has 1 unspecified atom stereocenters. The van der Waals surface area contributed by atoms with Crippen LogP contribution in [0.3, 0.4) is 0 Å². The molecule has 1 atom stereocenters. The second-order valence-electron chi connectivity index (χ2n) is 2.26. The number of hydrogen-bond acceptors (Lipinski definition) is 2. The smallest absolute Gasteiger partial charge is 0.153 e. The number of carbonyl (C=O) groups excluding carboxylic acids is 1. The summed E-state index contributed by atoms with van der Waals surface area (Å²) in [4.78, 5) is 11.0. The van der Waals surface area contributed by atoms with Crippen molar-refractivity contribution in [2.45, 2.75) is 4.90 Å². The summed E-state index contributed by atoms with van der Waals surface area (Å²) in [5.74, 6) is 0. The third kappa shape index (κ3) is 2.00. The molecule has 12 heavy (non-hydrogen) atoms. The molecule has 0 spiro atoms. The molecule has 0 fully saturated rings. The van der Waals surface area contributed by atoms with Gasteiger partial charge in [0.05, 0.1) is 5.02 Å². The normalized spacial score (nSPS) is 12.6. The molecule has 0 heterocycles. The topological polar surface area (TPSA) is 40.1 Å². The van der Waals surface area contributed by atoms with E-state index in [-0.39, 0.29) is 0 Å². The number of aldehydes is 1. The van der Waals surface area contributed by atoms with Gasteiger partial charge in [0, 0.05) is 11.6 Å². The zero-order chi connectivity index (χ0) is 9.14. The molecule has 64 valence electrons. The standard InChI is InChI=1S/C8H7ClO2S/c1-12(11)7-2-3-8(9)6(4-7)5-10/h2-5H,1H3. The fourth-order valence-electron chi connectivity index (χ4n) is 0.791. The quantitative estimate of drug-likeness (QED) is 0.543. The Morgan fingerprint density at radius 3 is 2.75 bits per heavy atom. The van der Waals surface area contributed by atoms with Gasteiger partial charge in [0.25, 0.3) is 0 Å². The van der Waals surface area contributed by atoms with Crippen molar-refractivity contribution < 1.29 is 9.35 Å². The molecule has 0 aliphatic heterocycles. The maximum absolute atomic E-state index is 11.0. The SMILES string of the molecule is C[S+]([O-])c1ccc(Cl)c(C=O)c1. The zero-order valence-corrected chi connectivity index (χ0v) is 7.98. The minimum Gasteiger partial charge on any atom is -0.612 e. The molecule has 0 aromatic heterocycles. The number of carbonyl (C=O) groups is 1. The molecule has 0 saturated heterocycles. The van der Waals surface area contributed by atoms with Gasteiger partial charge < -0.3 is 4.55 Å². The van der Waals surface area contributed by atoms with Crippen molar-refractivity contribution in [2.24, 2.45) is 0 Å². The van der Waals surface area contributed by atoms with Crippen molar-refractivity contribution in [3.63, 3.8) is 0 Å². The highest BCUT2D eigenvalue weighted by molar-refractivity contribution is 7.90. The van der Waals surface area contributed by atoms with E-state index in [0.29, 0.717) is 21.8 Å². The van der Waals surface area contributed by atoms with Crippen LogP contribution in [0.2, 0.25) is 5.02 Å². The lowest BCUT2D eigenvalue weighted by atomic mass is 10.2. The van der Waals surface area contributed by atoms with Crippen molar-refractivity contribution >= 4 is 29.1 Å². The Balaban J connectivity index is 3.13. The predicted octanol–water partition coefficient (Wildman–Crippen LogP) is 1.89. The molecule has 0 aliphatic rings. The summed E-state index contributed by atoms with van der Waals surface area (Å²) >= 11 is 4.60. The molecular formula is C8H7ClO2S. The Morgan fingerprint density at radius 1 is 1.58 bits per heavy atom. The molecule has 4 heteroatoms. The van der Waals surface area contributed by atoms with Gasteiger partial charge in [0.15, 0.2) is 11.2 Å². The zero-order valence-electron chi connectivity index (χ0n) is 6.41.